The summed E-state index contributed by atoms with van der Waals surface area (Å²) < 4.78 is 6.16. The first-order valence-corrected chi connectivity index (χ1v) is 8.66. The van der Waals surface area contributed by atoms with E-state index >= 15 is 0 Å². The van der Waals surface area contributed by atoms with Gasteiger partial charge in [-0.1, -0.05) is 18.2 Å². The first kappa shape index (κ1) is 17.2. The molecule has 0 amide bonds. The van der Waals surface area contributed by atoms with Crippen molar-refractivity contribution in [2.24, 2.45) is 0 Å². The minimum absolute atomic E-state index is 0.573. The summed E-state index contributed by atoms with van der Waals surface area (Å²) in [6.07, 6.45) is 1.73. The Hall–Kier alpha value is -2.60. The Balaban J connectivity index is 1.66. The van der Waals surface area contributed by atoms with Crippen LogP contribution in [0, 0.1) is 6.92 Å². The van der Waals surface area contributed by atoms with Crippen LogP contribution in [0.15, 0.2) is 59.2 Å². The zero-order valence-electron chi connectivity index (χ0n) is 14.1. The molecule has 2 aromatic carbocycles. The van der Waals surface area contributed by atoms with Crippen LogP contribution < -0.4 is 15.4 Å². The van der Waals surface area contributed by atoms with Gasteiger partial charge in [0.2, 0.25) is 5.95 Å². The smallest absolute Gasteiger partial charge is 0.224 e. The maximum atomic E-state index is 5.16. The number of halogens is 1. The maximum Gasteiger partial charge on any atom is 0.224 e. The molecule has 0 saturated carbocycles. The van der Waals surface area contributed by atoms with Gasteiger partial charge in [0, 0.05) is 17.2 Å². The molecular weight excluding hydrogens is 380 g/mol. The number of nitrogens with zero attached hydrogens (tertiary/aromatic N) is 2. The summed E-state index contributed by atoms with van der Waals surface area (Å²) in [6.45, 7) is 2.70. The highest BCUT2D eigenvalue weighted by Crippen LogP contribution is 2.26. The number of nitrogens with one attached hydrogen (secondary N) is 2. The summed E-state index contributed by atoms with van der Waals surface area (Å²) in [5, 5.41) is 6.53. The van der Waals surface area contributed by atoms with E-state index in [9.17, 15) is 0 Å². The molecule has 0 fully saturated rings. The van der Waals surface area contributed by atoms with Crippen LogP contribution in [0.1, 0.15) is 11.1 Å². The van der Waals surface area contributed by atoms with Crippen LogP contribution in [0.25, 0.3) is 0 Å². The predicted octanol–water partition coefficient (Wildman–Crippen LogP) is 4.91. The van der Waals surface area contributed by atoms with Crippen molar-refractivity contribution < 1.29 is 4.74 Å². The van der Waals surface area contributed by atoms with Crippen molar-refractivity contribution in [1.29, 1.82) is 0 Å². The van der Waals surface area contributed by atoms with Crippen LogP contribution in [-0.4, -0.2) is 17.1 Å². The number of aromatic nitrogens is 2. The van der Waals surface area contributed by atoms with Gasteiger partial charge >= 0.3 is 0 Å². The van der Waals surface area contributed by atoms with Gasteiger partial charge in [-0.3, -0.25) is 0 Å². The SMILES string of the molecule is COc1ccc(CNc2nccc(Nc3ccc(C)cc3Br)n2)cc1. The van der Waals surface area contributed by atoms with Crippen LogP contribution in [0.4, 0.5) is 17.5 Å². The van der Waals surface area contributed by atoms with Gasteiger partial charge in [0.05, 0.1) is 12.8 Å². The number of hydrogen-bond donors (Lipinski definition) is 2. The lowest BCUT2D eigenvalue weighted by Gasteiger charge is -2.10. The fourth-order valence-electron chi connectivity index (χ4n) is 2.30. The molecule has 3 aromatic rings. The van der Waals surface area contributed by atoms with Crippen molar-refractivity contribution >= 4 is 33.4 Å². The molecule has 0 saturated heterocycles. The van der Waals surface area contributed by atoms with Gasteiger partial charge in [-0.25, -0.2) is 4.98 Å². The molecule has 25 heavy (non-hydrogen) atoms. The van der Waals surface area contributed by atoms with E-state index in [4.69, 9.17) is 4.74 Å². The molecule has 0 bridgehead atoms. The molecule has 1 aromatic heterocycles. The quantitative estimate of drug-likeness (QED) is 0.617. The van der Waals surface area contributed by atoms with Crippen molar-refractivity contribution in [3.05, 3.63) is 70.3 Å². The second-order valence-corrected chi connectivity index (χ2v) is 6.43. The number of anilines is 3. The van der Waals surface area contributed by atoms with Crippen molar-refractivity contribution in [2.75, 3.05) is 17.7 Å². The lowest BCUT2D eigenvalue weighted by molar-refractivity contribution is 0.414. The van der Waals surface area contributed by atoms with Crippen LogP contribution in [0.3, 0.4) is 0 Å². The Bertz CT molecular complexity index is 852. The number of rotatable bonds is 6. The van der Waals surface area contributed by atoms with Crippen LogP contribution >= 0.6 is 15.9 Å². The van der Waals surface area contributed by atoms with Gasteiger partial charge < -0.3 is 15.4 Å². The summed E-state index contributed by atoms with van der Waals surface area (Å²) in [6, 6.07) is 15.9. The molecule has 0 aliphatic heterocycles. The van der Waals surface area contributed by atoms with Crippen molar-refractivity contribution in [3.8, 4) is 5.75 Å². The minimum atomic E-state index is 0.573. The predicted molar refractivity (Wildman–Crippen MR) is 105 cm³/mol. The minimum Gasteiger partial charge on any atom is -0.497 e. The molecule has 128 valence electrons. The van der Waals surface area contributed by atoms with Gasteiger partial charge in [0.1, 0.15) is 11.6 Å². The van der Waals surface area contributed by atoms with Gasteiger partial charge in [0.25, 0.3) is 0 Å². The van der Waals surface area contributed by atoms with E-state index in [-0.39, 0.29) is 0 Å². The number of benzene rings is 2. The third kappa shape index (κ3) is 4.70. The normalized spacial score (nSPS) is 10.4. The number of ether oxygens (including phenoxy) is 1. The number of aryl methyl sites for hydroxylation is 1. The van der Waals surface area contributed by atoms with E-state index in [1.165, 1.54) is 5.56 Å². The van der Waals surface area contributed by atoms with E-state index in [1.807, 2.05) is 36.4 Å². The first-order chi connectivity index (χ1) is 12.1. The fourth-order valence-corrected chi connectivity index (χ4v) is 2.89. The van der Waals surface area contributed by atoms with Gasteiger partial charge in [0.15, 0.2) is 0 Å². The topological polar surface area (TPSA) is 59.1 Å². The summed E-state index contributed by atoms with van der Waals surface area (Å²) in [7, 11) is 1.66. The lowest BCUT2D eigenvalue weighted by Crippen LogP contribution is -2.05. The Morgan fingerprint density at radius 3 is 2.60 bits per heavy atom. The molecule has 1 heterocycles. The van der Waals surface area contributed by atoms with Crippen molar-refractivity contribution in [1.82, 2.24) is 9.97 Å². The third-order valence-electron chi connectivity index (χ3n) is 3.65. The van der Waals surface area contributed by atoms with Crippen molar-refractivity contribution in [2.45, 2.75) is 13.5 Å². The standard InChI is InChI=1S/C19H19BrN4O/c1-13-3-8-17(16(20)11-13)23-18-9-10-21-19(24-18)22-12-14-4-6-15(25-2)7-5-14/h3-11H,12H2,1-2H3,(H2,21,22,23,24). The van der Waals surface area contributed by atoms with Crippen molar-refractivity contribution in [3.63, 3.8) is 0 Å². The monoisotopic (exact) mass is 398 g/mol. The average molecular weight is 399 g/mol. The van der Waals surface area contributed by atoms with E-state index in [1.54, 1.807) is 13.3 Å². The molecule has 0 radical (unpaired) electrons. The van der Waals surface area contributed by atoms with E-state index in [2.05, 4.69) is 55.6 Å². The molecule has 0 atom stereocenters. The van der Waals surface area contributed by atoms with E-state index in [0.717, 1.165) is 27.3 Å². The Morgan fingerprint density at radius 1 is 1.08 bits per heavy atom. The molecule has 0 aliphatic carbocycles. The Kier molecular flexibility index (Phi) is 5.50. The molecular formula is C19H19BrN4O. The van der Waals surface area contributed by atoms with E-state index < -0.39 is 0 Å². The van der Waals surface area contributed by atoms with Gasteiger partial charge in [-0.15, -0.1) is 0 Å². The Labute approximate surface area is 155 Å². The number of hydrogen-bond acceptors (Lipinski definition) is 5. The van der Waals surface area contributed by atoms with Gasteiger partial charge in [-0.2, -0.15) is 4.98 Å². The highest BCUT2D eigenvalue weighted by atomic mass is 79.9. The molecule has 6 heteroatoms. The highest BCUT2D eigenvalue weighted by molar-refractivity contribution is 9.10. The highest BCUT2D eigenvalue weighted by Gasteiger charge is 2.04. The molecule has 0 unspecified atom stereocenters. The summed E-state index contributed by atoms with van der Waals surface area (Å²) in [5.41, 5.74) is 3.29. The van der Waals surface area contributed by atoms with Crippen LogP contribution in [-0.2, 0) is 6.54 Å². The zero-order valence-corrected chi connectivity index (χ0v) is 15.7. The Morgan fingerprint density at radius 2 is 1.88 bits per heavy atom. The third-order valence-corrected chi connectivity index (χ3v) is 4.31. The summed E-state index contributed by atoms with van der Waals surface area (Å²) >= 11 is 3.56. The molecule has 3 rings (SSSR count). The number of methoxy groups -OCH3 is 1. The molecule has 2 N–H and O–H groups in total. The zero-order chi connectivity index (χ0) is 17.6. The second-order valence-electron chi connectivity index (χ2n) is 5.58. The van der Waals surface area contributed by atoms with Crippen LogP contribution in [0.5, 0.6) is 5.75 Å². The summed E-state index contributed by atoms with van der Waals surface area (Å²) in [5.74, 6) is 2.15. The maximum absolute atomic E-state index is 5.16. The lowest BCUT2D eigenvalue weighted by atomic mass is 10.2. The molecule has 0 aliphatic rings. The summed E-state index contributed by atoms with van der Waals surface area (Å²) in [4.78, 5) is 8.77. The van der Waals surface area contributed by atoms with Gasteiger partial charge in [-0.05, 0) is 64.3 Å². The van der Waals surface area contributed by atoms with E-state index in [0.29, 0.717) is 12.5 Å². The first-order valence-electron chi connectivity index (χ1n) is 7.87. The fraction of sp³-hybridized carbons (Fsp3) is 0.158. The second kappa shape index (κ2) is 7.98. The van der Waals surface area contributed by atoms with Crippen LogP contribution in [0.2, 0.25) is 0 Å². The molecule has 5 nitrogen and oxygen atoms in total. The largest absolute Gasteiger partial charge is 0.497 e. The molecule has 0 spiro atoms. The average Bonchev–Trinajstić information content (AvgIpc) is 2.63.